The molecule has 3 heterocycles. The molecule has 308 valence electrons. The lowest BCUT2D eigenvalue weighted by Gasteiger charge is -2.47. The summed E-state index contributed by atoms with van der Waals surface area (Å²) in [6, 6.07) is -0.904. The number of allylic oxidation sites excluding steroid dienone is 3. The van der Waals surface area contributed by atoms with Gasteiger partial charge in [0.05, 0.1) is 36.9 Å². The summed E-state index contributed by atoms with van der Waals surface area (Å²) in [5.41, 5.74) is 1.72. The van der Waals surface area contributed by atoms with Gasteiger partial charge in [-0.15, -0.1) is 0 Å². The normalized spacial score (nSPS) is 42.4. The Kier molecular flexibility index (Phi) is 16.3. The van der Waals surface area contributed by atoms with E-state index in [9.17, 15) is 34.8 Å². The summed E-state index contributed by atoms with van der Waals surface area (Å²) in [5, 5.41) is 44.1. The zero-order valence-corrected chi connectivity index (χ0v) is 33.9. The second kappa shape index (κ2) is 19.8. The van der Waals surface area contributed by atoms with E-state index >= 15 is 0 Å². The number of nitrogens with zero attached hydrogens (tertiary/aromatic N) is 1. The van der Waals surface area contributed by atoms with E-state index in [1.165, 1.54) is 4.90 Å². The quantitative estimate of drug-likeness (QED) is 0.220. The fourth-order valence-electron chi connectivity index (χ4n) is 9.28. The first-order valence-corrected chi connectivity index (χ1v) is 20.4. The number of methoxy groups -OCH3 is 2. The highest BCUT2D eigenvalue weighted by Crippen LogP contribution is 2.40. The van der Waals surface area contributed by atoms with Gasteiger partial charge in [0, 0.05) is 44.9 Å². The molecule has 2 bridgehead atoms. The number of carbonyl (C=O) groups is 3. The number of aliphatic hydroxyl groups excluding tert-OH is 3. The van der Waals surface area contributed by atoms with Gasteiger partial charge in [-0.05, 0) is 89.0 Å². The van der Waals surface area contributed by atoms with Gasteiger partial charge in [-0.1, -0.05) is 51.8 Å². The van der Waals surface area contributed by atoms with Gasteiger partial charge in [-0.3, -0.25) is 9.59 Å². The Bertz CT molecular complexity index is 1330. The number of hydrogen-bond acceptors (Lipinski definition) is 11. The Morgan fingerprint density at radius 3 is 2.30 bits per heavy atom. The molecule has 0 aromatic rings. The molecule has 14 atom stereocenters. The second-order valence-electron chi connectivity index (χ2n) is 17.1. The summed E-state index contributed by atoms with van der Waals surface area (Å²) in [6.45, 7) is 11.9. The monoisotopic (exact) mass is 763 g/mol. The average Bonchev–Trinajstić information content (AvgIpc) is 3.62. The standard InChI is InChI=1S/C42H69NO11/c1-9-11-30-17-24(2)16-25(3)18-36(51-7)40-37(52-8)20-27(5)42(50,54-40)23-38(48)43-15-10-12-31(43)41(49)53-39(28(6)33(45)22-34(30)46)26(4)19-29-13-14-32(44)35(47)21-29/h17,19,25,27-33,35-37,39-40,44-45,47,50H,9-16,18,20-23H2,1-8H3/b24-17+,26-19+/t25-,27+,28+,29-,30+,31-,32+,33-,35+,36-,37-,39+,40+,42-/m0/s1. The first-order chi connectivity index (χ1) is 25.5. The topological polar surface area (TPSA) is 172 Å². The number of amides is 1. The van der Waals surface area contributed by atoms with Crippen LogP contribution in [0.3, 0.4) is 0 Å². The molecule has 12 nitrogen and oxygen atoms in total. The largest absolute Gasteiger partial charge is 0.456 e. The molecule has 1 saturated carbocycles. The summed E-state index contributed by atoms with van der Waals surface area (Å²) in [7, 11) is 3.21. The fourth-order valence-corrected chi connectivity index (χ4v) is 9.28. The minimum absolute atomic E-state index is 0.0790. The molecule has 0 unspecified atom stereocenters. The van der Waals surface area contributed by atoms with E-state index in [4.69, 9.17) is 18.9 Å². The van der Waals surface area contributed by atoms with E-state index < -0.39 is 78.1 Å². The van der Waals surface area contributed by atoms with Crippen LogP contribution in [-0.2, 0) is 33.3 Å². The van der Waals surface area contributed by atoms with Gasteiger partial charge in [0.2, 0.25) is 5.91 Å². The Morgan fingerprint density at radius 1 is 0.963 bits per heavy atom. The molecule has 4 aliphatic rings. The smallest absolute Gasteiger partial charge is 0.329 e. The maximum absolute atomic E-state index is 14.1. The number of aliphatic hydroxyl groups is 4. The van der Waals surface area contributed by atoms with Crippen LogP contribution >= 0.6 is 0 Å². The number of carbonyl (C=O) groups excluding carboxylic acids is 3. The van der Waals surface area contributed by atoms with Crippen LogP contribution in [-0.4, -0.2) is 118 Å². The van der Waals surface area contributed by atoms with Crippen molar-refractivity contribution in [1.29, 1.82) is 0 Å². The number of rotatable bonds is 6. The molecule has 0 radical (unpaired) electrons. The minimum Gasteiger partial charge on any atom is -0.456 e. The molecular formula is C42H69NO11. The van der Waals surface area contributed by atoms with Gasteiger partial charge in [0.15, 0.2) is 5.79 Å². The molecule has 4 N–H and O–H groups in total. The molecule has 4 rings (SSSR count). The van der Waals surface area contributed by atoms with E-state index in [0.29, 0.717) is 69.9 Å². The van der Waals surface area contributed by atoms with Crippen molar-refractivity contribution in [2.75, 3.05) is 20.8 Å². The van der Waals surface area contributed by atoms with Gasteiger partial charge >= 0.3 is 5.97 Å². The van der Waals surface area contributed by atoms with Crippen LogP contribution in [0.4, 0.5) is 0 Å². The molecule has 0 aromatic heterocycles. The van der Waals surface area contributed by atoms with Gasteiger partial charge in [0.25, 0.3) is 0 Å². The summed E-state index contributed by atoms with van der Waals surface area (Å²) >= 11 is 0. The van der Waals surface area contributed by atoms with Crippen molar-refractivity contribution >= 4 is 17.7 Å². The number of esters is 1. The molecule has 12 heteroatoms. The van der Waals surface area contributed by atoms with Gasteiger partial charge < -0.3 is 44.3 Å². The molecular weight excluding hydrogens is 694 g/mol. The lowest BCUT2D eigenvalue weighted by Crippen LogP contribution is -2.59. The van der Waals surface area contributed by atoms with E-state index in [1.54, 1.807) is 21.1 Å². The Labute approximate surface area is 322 Å². The van der Waals surface area contributed by atoms with Crippen molar-refractivity contribution in [2.45, 2.75) is 173 Å². The van der Waals surface area contributed by atoms with Gasteiger partial charge in [0.1, 0.15) is 24.0 Å². The number of ether oxygens (including phenoxy) is 4. The molecule has 54 heavy (non-hydrogen) atoms. The van der Waals surface area contributed by atoms with E-state index in [1.807, 2.05) is 39.8 Å². The highest BCUT2D eigenvalue weighted by molar-refractivity contribution is 5.86. The van der Waals surface area contributed by atoms with Gasteiger partial charge in [-0.2, -0.15) is 0 Å². The second-order valence-corrected chi connectivity index (χ2v) is 17.1. The predicted octanol–water partition coefficient (Wildman–Crippen LogP) is 4.64. The van der Waals surface area contributed by atoms with Crippen molar-refractivity contribution in [3.8, 4) is 0 Å². The van der Waals surface area contributed by atoms with Crippen molar-refractivity contribution < 1.29 is 53.8 Å². The summed E-state index contributed by atoms with van der Waals surface area (Å²) in [6.07, 6.45) is 3.82. The van der Waals surface area contributed by atoms with Crippen LogP contribution in [0.5, 0.6) is 0 Å². The van der Waals surface area contributed by atoms with Crippen LogP contribution < -0.4 is 0 Å². The molecule has 1 amide bonds. The van der Waals surface area contributed by atoms with Crippen LogP contribution in [0.15, 0.2) is 23.3 Å². The number of fused-ring (bicyclic) bond motifs is 3. The number of Topliss-reactive ketones (excluding diaryl/α,β-unsaturated/α-hetero) is 1. The maximum Gasteiger partial charge on any atom is 0.329 e. The third-order valence-corrected chi connectivity index (χ3v) is 12.6. The molecule has 1 aliphatic carbocycles. The zero-order chi connectivity index (χ0) is 39.9. The summed E-state index contributed by atoms with van der Waals surface area (Å²) in [4.78, 5) is 43.5. The van der Waals surface area contributed by atoms with E-state index in [2.05, 4.69) is 6.92 Å². The Balaban J connectivity index is 1.72. The number of hydrogen-bond donors (Lipinski definition) is 4. The van der Waals surface area contributed by atoms with Crippen LogP contribution in [0, 0.1) is 29.6 Å². The lowest BCUT2D eigenvalue weighted by atomic mass is 9.81. The van der Waals surface area contributed by atoms with Crippen molar-refractivity contribution in [3.63, 3.8) is 0 Å². The number of ketones is 1. The predicted molar refractivity (Wildman–Crippen MR) is 203 cm³/mol. The molecule has 0 spiro atoms. The van der Waals surface area contributed by atoms with Crippen LogP contribution in [0.1, 0.15) is 119 Å². The van der Waals surface area contributed by atoms with E-state index in [0.717, 1.165) is 12.0 Å². The van der Waals surface area contributed by atoms with Crippen LogP contribution in [0.2, 0.25) is 0 Å². The fraction of sp³-hybridized carbons (Fsp3) is 0.833. The SMILES string of the molecule is CCC[C@@H]1/C=C(\C)C[C@H](C)C[C@H](OC)[C@H]2O[C@@](O)(CC(=O)N3CCC[C@H]3C(=O)O[C@H](/C(C)=C/[C@@H]3CC[C@@H](O)[C@H](O)C3)[C@H](C)[C@@H](O)CC1=O)[C@H](C)C[C@@H]2OC. The zero-order valence-electron chi connectivity index (χ0n) is 33.9. The Morgan fingerprint density at radius 2 is 1.65 bits per heavy atom. The highest BCUT2D eigenvalue weighted by atomic mass is 16.7. The summed E-state index contributed by atoms with van der Waals surface area (Å²) < 4.78 is 24.5. The van der Waals surface area contributed by atoms with Crippen molar-refractivity contribution in [1.82, 2.24) is 4.90 Å². The maximum atomic E-state index is 14.1. The average molecular weight is 764 g/mol. The molecule has 3 fully saturated rings. The Hall–Kier alpha value is -2.19. The van der Waals surface area contributed by atoms with E-state index in [-0.39, 0.29) is 36.6 Å². The molecule has 2 saturated heterocycles. The van der Waals surface area contributed by atoms with Crippen molar-refractivity contribution in [2.24, 2.45) is 29.6 Å². The van der Waals surface area contributed by atoms with Crippen LogP contribution in [0.25, 0.3) is 0 Å². The third kappa shape index (κ3) is 11.0. The first-order valence-electron chi connectivity index (χ1n) is 20.4. The van der Waals surface area contributed by atoms with Crippen molar-refractivity contribution in [3.05, 3.63) is 23.3 Å². The molecule has 3 aliphatic heterocycles. The lowest BCUT2D eigenvalue weighted by molar-refractivity contribution is -0.321. The molecule has 0 aromatic carbocycles. The van der Waals surface area contributed by atoms with Gasteiger partial charge in [-0.25, -0.2) is 4.79 Å². The first kappa shape index (κ1) is 44.5. The number of cyclic esters (lactones) is 1. The highest BCUT2D eigenvalue weighted by Gasteiger charge is 2.51. The minimum atomic E-state index is -1.82. The third-order valence-electron chi connectivity index (χ3n) is 12.6. The summed E-state index contributed by atoms with van der Waals surface area (Å²) in [5.74, 6) is -4.43.